The maximum absolute atomic E-state index is 15.0. The van der Waals surface area contributed by atoms with Crippen LogP contribution in [-0.4, -0.2) is 60.2 Å². The van der Waals surface area contributed by atoms with Crippen LogP contribution in [0, 0.1) is 5.92 Å². The Morgan fingerprint density at radius 3 is 1.76 bits per heavy atom. The number of aromatic hydroxyl groups is 1. The lowest BCUT2D eigenvalue weighted by atomic mass is 9.79. The first kappa shape index (κ1) is 37.8. The number of rotatable bonds is 13. The summed E-state index contributed by atoms with van der Waals surface area (Å²) in [6.45, 7) is 13.2. The van der Waals surface area contributed by atoms with Crippen LogP contribution in [0.1, 0.15) is 44.5 Å². The molecule has 0 bridgehead atoms. The first-order chi connectivity index (χ1) is 24.2. The van der Waals surface area contributed by atoms with Crippen LogP contribution in [0.2, 0.25) is 18.1 Å². The van der Waals surface area contributed by atoms with Crippen LogP contribution in [-0.2, 0) is 18.8 Å². The number of hydrogen-bond donors (Lipinski definition) is 1. The second-order valence-electron chi connectivity index (χ2n) is 14.4. The summed E-state index contributed by atoms with van der Waals surface area (Å²) in [5.74, 6) is -1.81. The molecule has 9 heteroatoms. The van der Waals surface area contributed by atoms with Crippen molar-refractivity contribution in [2.24, 2.45) is 5.92 Å². The normalized spacial score (nSPS) is 16.9. The number of likely N-dealkylation sites (tertiary alicyclic amines) is 1. The molecule has 1 aliphatic heterocycles. The Morgan fingerprint density at radius 2 is 1.33 bits per heavy atom. The van der Waals surface area contributed by atoms with E-state index in [4.69, 9.17) is 9.16 Å². The Bertz CT molecular complexity index is 1820. The largest absolute Gasteiger partial charge is 0.508 e. The molecule has 0 radical (unpaired) electrons. The van der Waals surface area contributed by atoms with Gasteiger partial charge in [-0.1, -0.05) is 124 Å². The third kappa shape index (κ3) is 7.45. The highest BCUT2D eigenvalue weighted by atomic mass is 31.2. The standard InChI is InChI=1S/C42H48NO6PSi/c1-8-28-48-41(47)40(50(33-18-12-9-13-19-33,34-20-14-10-15-21-34)35-22-16-11-17-23-35)43-36(29-37(45)31-24-26-32(44)27-25-31)38(39(43)46)30(2)49-51(6,7)42(3,4)5/h8-27,30,36,38,44H,1,28-29H2,2-7H3/t30-,36-,38-/m1/s1. The first-order valence-electron chi connectivity index (χ1n) is 17.3. The third-order valence-corrected chi connectivity index (χ3v) is 19.0. The molecule has 1 saturated heterocycles. The van der Waals surface area contributed by atoms with Gasteiger partial charge in [-0.15, -0.1) is 0 Å². The zero-order valence-corrected chi connectivity index (χ0v) is 32.2. The van der Waals surface area contributed by atoms with Crippen molar-refractivity contribution in [3.05, 3.63) is 133 Å². The topological polar surface area (TPSA) is 93.1 Å². The number of esters is 1. The molecule has 4 aromatic carbocycles. The number of Topliss-reactive ketones (excluding diaryl/α,β-unsaturated/α-hetero) is 1. The number of β-lactam (4-membered cyclic amide) rings is 1. The summed E-state index contributed by atoms with van der Waals surface area (Å²) in [6, 6.07) is 34.7. The van der Waals surface area contributed by atoms with Gasteiger partial charge in [0.2, 0.25) is 5.91 Å². The zero-order valence-electron chi connectivity index (χ0n) is 30.3. The van der Waals surface area contributed by atoms with Gasteiger partial charge < -0.3 is 19.2 Å². The molecule has 0 unspecified atom stereocenters. The lowest BCUT2D eigenvalue weighted by Gasteiger charge is -2.53. The van der Waals surface area contributed by atoms with Crippen molar-refractivity contribution in [3.63, 3.8) is 0 Å². The van der Waals surface area contributed by atoms with E-state index < -0.39 is 39.2 Å². The van der Waals surface area contributed by atoms with Crippen molar-refractivity contribution in [1.29, 1.82) is 0 Å². The minimum atomic E-state index is -3.17. The number of benzene rings is 4. The van der Waals surface area contributed by atoms with E-state index >= 15 is 0 Å². The quantitative estimate of drug-likeness (QED) is 0.0397. The zero-order chi connectivity index (χ0) is 37.0. The molecule has 0 aliphatic carbocycles. The van der Waals surface area contributed by atoms with Crippen molar-refractivity contribution >= 4 is 54.2 Å². The minimum absolute atomic E-state index is 0.0463. The number of phenolic OH excluding ortho intramolecular Hbond substituents is 1. The van der Waals surface area contributed by atoms with E-state index in [9.17, 15) is 19.5 Å². The van der Waals surface area contributed by atoms with Gasteiger partial charge in [-0.25, -0.2) is 4.79 Å². The Balaban J connectivity index is 1.83. The van der Waals surface area contributed by atoms with Crippen LogP contribution in [0.25, 0.3) is 0 Å². The van der Waals surface area contributed by atoms with Gasteiger partial charge in [0.25, 0.3) is 0 Å². The molecule has 0 aromatic heterocycles. The molecule has 1 aliphatic rings. The summed E-state index contributed by atoms with van der Waals surface area (Å²) in [5.41, 5.74) is 0.604. The fourth-order valence-corrected chi connectivity index (χ4v) is 12.4. The number of ketones is 1. The summed E-state index contributed by atoms with van der Waals surface area (Å²) in [5, 5.41) is 12.4. The smallest absolute Gasteiger partial charge is 0.356 e. The number of carbonyl (C=O) groups is 3. The predicted octanol–water partition coefficient (Wildman–Crippen LogP) is 7.06. The van der Waals surface area contributed by atoms with Gasteiger partial charge in [-0.3, -0.25) is 9.59 Å². The molecule has 266 valence electrons. The molecule has 1 heterocycles. The van der Waals surface area contributed by atoms with Gasteiger partial charge in [0.05, 0.1) is 18.1 Å². The summed E-state index contributed by atoms with van der Waals surface area (Å²) in [6.07, 6.45) is 0.907. The summed E-state index contributed by atoms with van der Waals surface area (Å²) in [7, 11) is -2.35. The molecule has 0 saturated carbocycles. The number of carbonyl (C=O) groups excluding carboxylic acids is 3. The second kappa shape index (κ2) is 15.4. The molecule has 51 heavy (non-hydrogen) atoms. The van der Waals surface area contributed by atoms with E-state index in [2.05, 4.69) is 40.4 Å². The molecule has 7 nitrogen and oxygen atoms in total. The first-order valence-corrected chi connectivity index (χ1v) is 22.0. The number of amides is 1. The Kier molecular flexibility index (Phi) is 11.4. The summed E-state index contributed by atoms with van der Waals surface area (Å²) in [4.78, 5) is 45.4. The van der Waals surface area contributed by atoms with Crippen molar-refractivity contribution in [2.75, 3.05) is 6.61 Å². The van der Waals surface area contributed by atoms with Gasteiger partial charge >= 0.3 is 5.97 Å². The minimum Gasteiger partial charge on any atom is -0.508 e. The van der Waals surface area contributed by atoms with E-state index in [1.165, 1.54) is 18.2 Å². The van der Waals surface area contributed by atoms with Gasteiger partial charge in [0, 0.05) is 18.9 Å². The number of ether oxygens (including phenoxy) is 1. The average Bonchev–Trinajstić information content (AvgIpc) is 3.11. The fraction of sp³-hybridized carbons (Fsp3) is 0.286. The van der Waals surface area contributed by atoms with Crippen molar-refractivity contribution in [3.8, 4) is 5.75 Å². The predicted molar refractivity (Wildman–Crippen MR) is 210 cm³/mol. The van der Waals surface area contributed by atoms with Gasteiger partial charge in [0.15, 0.2) is 14.1 Å². The molecule has 1 fully saturated rings. The maximum atomic E-state index is 15.0. The van der Waals surface area contributed by atoms with E-state index in [0.29, 0.717) is 5.56 Å². The fourth-order valence-electron chi connectivity index (χ4n) is 6.60. The van der Waals surface area contributed by atoms with E-state index in [1.807, 2.05) is 97.9 Å². The molecule has 5 rings (SSSR count). The maximum Gasteiger partial charge on any atom is 0.356 e. The van der Waals surface area contributed by atoms with Crippen LogP contribution < -0.4 is 15.9 Å². The van der Waals surface area contributed by atoms with Crippen LogP contribution in [0.4, 0.5) is 0 Å². The summed E-state index contributed by atoms with van der Waals surface area (Å²) < 4.78 is 12.7. The molecule has 0 spiro atoms. The van der Waals surface area contributed by atoms with E-state index in [1.54, 1.807) is 17.0 Å². The van der Waals surface area contributed by atoms with Crippen molar-refractivity contribution in [2.45, 2.75) is 64.4 Å². The highest BCUT2D eigenvalue weighted by Crippen LogP contribution is 2.50. The summed E-state index contributed by atoms with van der Waals surface area (Å²) >= 11 is 0. The number of nitrogens with zero attached hydrogens (tertiary/aromatic N) is 1. The molecule has 1 N–H and O–H groups in total. The molecule has 3 atom stereocenters. The van der Waals surface area contributed by atoms with Gasteiger partial charge in [-0.2, -0.15) is 0 Å². The Labute approximate surface area is 303 Å². The molecule has 1 amide bonds. The van der Waals surface area contributed by atoms with E-state index in [-0.39, 0.29) is 40.9 Å². The van der Waals surface area contributed by atoms with Crippen molar-refractivity contribution in [1.82, 2.24) is 4.90 Å². The van der Waals surface area contributed by atoms with Crippen LogP contribution >= 0.6 is 6.89 Å². The monoisotopic (exact) mass is 721 g/mol. The Hall–Kier alpha value is -4.49. The Morgan fingerprint density at radius 1 is 0.863 bits per heavy atom. The van der Waals surface area contributed by atoms with Gasteiger partial charge in [-0.05, 0) is 65.2 Å². The average molecular weight is 722 g/mol. The van der Waals surface area contributed by atoms with Crippen LogP contribution in [0.15, 0.2) is 128 Å². The third-order valence-electron chi connectivity index (χ3n) is 10.1. The van der Waals surface area contributed by atoms with Crippen LogP contribution in [0.5, 0.6) is 5.75 Å². The highest BCUT2D eigenvalue weighted by molar-refractivity contribution is 7.96. The SMILES string of the molecule is C=CCOC(=O)C(N1C(=O)[C@H]([C@@H](C)O[Si](C)(C)C(C)(C)C)[C@H]1CC(=O)c1ccc(O)cc1)=P(c1ccccc1)(c1ccccc1)c1ccccc1. The lowest BCUT2D eigenvalue weighted by molar-refractivity contribution is -0.156. The van der Waals surface area contributed by atoms with Gasteiger partial charge in [0.1, 0.15) is 17.8 Å². The lowest BCUT2D eigenvalue weighted by Crippen LogP contribution is -2.69. The van der Waals surface area contributed by atoms with Crippen LogP contribution in [0.3, 0.4) is 0 Å². The number of phenols is 1. The van der Waals surface area contributed by atoms with E-state index in [0.717, 1.165) is 15.9 Å². The number of hydrogen-bond acceptors (Lipinski definition) is 6. The van der Waals surface area contributed by atoms with Crippen molar-refractivity contribution < 1.29 is 28.7 Å². The molecular weight excluding hydrogens is 674 g/mol. The molecule has 4 aromatic rings. The highest BCUT2D eigenvalue weighted by Gasteiger charge is 2.57. The second-order valence-corrected chi connectivity index (χ2v) is 22.5. The molecular formula is C42H48NO6PSi.